The number of amides is 2. The van der Waals surface area contributed by atoms with Crippen molar-refractivity contribution in [1.82, 2.24) is 29.9 Å². The lowest BCUT2D eigenvalue weighted by molar-refractivity contribution is 0.0985. The van der Waals surface area contributed by atoms with Crippen LogP contribution in [-0.2, 0) is 4.74 Å². The van der Waals surface area contributed by atoms with Gasteiger partial charge in [0.05, 0.1) is 31.6 Å². The summed E-state index contributed by atoms with van der Waals surface area (Å²) in [6.07, 6.45) is 8.07. The molecular formula is C28H32N8O2. The first-order valence-corrected chi connectivity index (χ1v) is 13.6. The van der Waals surface area contributed by atoms with Crippen LogP contribution in [0.15, 0.2) is 48.8 Å². The largest absolute Gasteiger partial charge is 0.377 e. The molecule has 0 radical (unpaired) electrons. The fourth-order valence-electron chi connectivity index (χ4n) is 6.13. The molecule has 0 spiro atoms. The Labute approximate surface area is 221 Å². The van der Waals surface area contributed by atoms with Crippen LogP contribution in [0.1, 0.15) is 32.6 Å². The number of benzene rings is 1. The molecular weight excluding hydrogens is 480 g/mol. The molecule has 10 heteroatoms. The maximum atomic E-state index is 13.3. The van der Waals surface area contributed by atoms with E-state index in [1.165, 1.54) is 6.42 Å². The first-order chi connectivity index (χ1) is 18.7. The number of morpholine rings is 1. The average molecular weight is 513 g/mol. The highest BCUT2D eigenvalue weighted by molar-refractivity contribution is 5.96. The third-order valence-corrected chi connectivity index (χ3v) is 8.18. The maximum absolute atomic E-state index is 13.3. The standard InChI is InChI=1S/C28H32N8O2/c1-19-18-38-15-14-33(19)26-16-23(24-17-30-36(27(24)31-26)25-9-11-29-32-25)20-5-7-22(8-6-20)35-13-10-21-4-2-3-12-34(21)28(35)37/h5-9,11,16-17,19,21H,2-4,10,12-15,18H2,1H3,(H,29,32)/t19-,21?/m1/s1. The number of ether oxygens (including phenoxy) is 1. The number of hydrogen-bond donors (Lipinski definition) is 1. The number of urea groups is 1. The SMILES string of the molecule is C[C@@H]1COCCN1c1cc(-c2ccc(N3CCC4CCCCN4C3=O)cc2)c2cnn(-c3ccn[nH]3)c2n1. The second kappa shape index (κ2) is 9.43. The molecule has 0 saturated carbocycles. The molecule has 2 amide bonds. The lowest BCUT2D eigenvalue weighted by atomic mass is 9.97. The minimum Gasteiger partial charge on any atom is -0.377 e. The Balaban J connectivity index is 1.27. The minimum absolute atomic E-state index is 0.143. The molecule has 1 unspecified atom stereocenters. The lowest BCUT2D eigenvalue weighted by Gasteiger charge is -2.44. The molecule has 3 saturated heterocycles. The molecule has 3 aliphatic heterocycles. The highest BCUT2D eigenvalue weighted by atomic mass is 16.5. The highest BCUT2D eigenvalue weighted by Crippen LogP contribution is 2.35. The summed E-state index contributed by atoms with van der Waals surface area (Å²) >= 11 is 0. The third kappa shape index (κ3) is 3.91. The van der Waals surface area contributed by atoms with Crippen molar-refractivity contribution >= 4 is 28.6 Å². The monoisotopic (exact) mass is 512 g/mol. The smallest absolute Gasteiger partial charge is 0.324 e. The van der Waals surface area contributed by atoms with Crippen molar-refractivity contribution in [2.45, 2.75) is 44.7 Å². The number of carbonyl (C=O) groups is 1. The van der Waals surface area contributed by atoms with Gasteiger partial charge in [0.15, 0.2) is 11.5 Å². The number of pyridine rings is 1. The molecule has 0 aliphatic carbocycles. The number of aromatic nitrogens is 5. The Morgan fingerprint density at radius 1 is 1.03 bits per heavy atom. The van der Waals surface area contributed by atoms with Crippen LogP contribution in [-0.4, -0.2) is 80.8 Å². The summed E-state index contributed by atoms with van der Waals surface area (Å²) in [6, 6.07) is 13.2. The van der Waals surface area contributed by atoms with E-state index >= 15 is 0 Å². The summed E-state index contributed by atoms with van der Waals surface area (Å²) in [5.41, 5.74) is 3.84. The number of piperidine rings is 1. The van der Waals surface area contributed by atoms with E-state index in [1.807, 2.05) is 17.2 Å². The van der Waals surface area contributed by atoms with Gasteiger partial charge in [-0.25, -0.2) is 9.78 Å². The van der Waals surface area contributed by atoms with Crippen molar-refractivity contribution in [2.75, 3.05) is 42.6 Å². The van der Waals surface area contributed by atoms with Gasteiger partial charge in [-0.2, -0.15) is 14.9 Å². The molecule has 196 valence electrons. The number of nitrogens with one attached hydrogen (secondary N) is 1. The van der Waals surface area contributed by atoms with Gasteiger partial charge in [-0.05, 0) is 61.9 Å². The van der Waals surface area contributed by atoms with Crippen LogP contribution in [0.25, 0.3) is 28.0 Å². The van der Waals surface area contributed by atoms with Crippen LogP contribution < -0.4 is 9.80 Å². The van der Waals surface area contributed by atoms with E-state index in [1.54, 1.807) is 10.9 Å². The fourth-order valence-corrected chi connectivity index (χ4v) is 6.13. The highest BCUT2D eigenvalue weighted by Gasteiger charge is 2.35. The molecule has 38 heavy (non-hydrogen) atoms. The van der Waals surface area contributed by atoms with Crippen LogP contribution in [0.3, 0.4) is 0 Å². The molecule has 3 fully saturated rings. The van der Waals surface area contributed by atoms with Gasteiger partial charge in [-0.1, -0.05) is 12.1 Å². The number of fused-ring (bicyclic) bond motifs is 2. The molecule has 1 N–H and O–H groups in total. The maximum Gasteiger partial charge on any atom is 0.324 e. The number of nitrogens with zero attached hydrogens (tertiary/aromatic N) is 7. The third-order valence-electron chi connectivity index (χ3n) is 8.18. The molecule has 3 aliphatic rings. The summed E-state index contributed by atoms with van der Waals surface area (Å²) in [5.74, 6) is 1.66. The van der Waals surface area contributed by atoms with Crippen LogP contribution in [0.5, 0.6) is 0 Å². The average Bonchev–Trinajstić information content (AvgIpc) is 3.64. The van der Waals surface area contributed by atoms with Crippen molar-refractivity contribution in [1.29, 1.82) is 0 Å². The van der Waals surface area contributed by atoms with Crippen LogP contribution >= 0.6 is 0 Å². The van der Waals surface area contributed by atoms with Gasteiger partial charge in [0.25, 0.3) is 0 Å². The van der Waals surface area contributed by atoms with Gasteiger partial charge in [-0.15, -0.1) is 0 Å². The molecule has 4 aromatic rings. The second-order valence-electron chi connectivity index (χ2n) is 10.5. The molecule has 3 aromatic heterocycles. The predicted octanol–water partition coefficient (Wildman–Crippen LogP) is 4.22. The number of H-pyrrole nitrogens is 1. The van der Waals surface area contributed by atoms with Crippen LogP contribution in [0.4, 0.5) is 16.3 Å². The topological polar surface area (TPSA) is 95.4 Å². The van der Waals surface area contributed by atoms with Gasteiger partial charge in [0.2, 0.25) is 0 Å². The predicted molar refractivity (Wildman–Crippen MR) is 146 cm³/mol. The van der Waals surface area contributed by atoms with E-state index in [0.717, 1.165) is 78.4 Å². The van der Waals surface area contributed by atoms with Gasteiger partial charge >= 0.3 is 6.03 Å². The zero-order valence-electron chi connectivity index (χ0n) is 21.6. The van der Waals surface area contributed by atoms with E-state index in [-0.39, 0.29) is 12.1 Å². The van der Waals surface area contributed by atoms with Crippen molar-refractivity contribution in [3.05, 3.63) is 48.8 Å². The van der Waals surface area contributed by atoms with Crippen molar-refractivity contribution < 1.29 is 9.53 Å². The number of anilines is 2. The molecule has 6 heterocycles. The number of hydrogen-bond acceptors (Lipinski definition) is 6. The Bertz CT molecular complexity index is 1450. The summed E-state index contributed by atoms with van der Waals surface area (Å²) < 4.78 is 7.48. The van der Waals surface area contributed by atoms with Crippen LogP contribution in [0.2, 0.25) is 0 Å². The van der Waals surface area contributed by atoms with E-state index < -0.39 is 0 Å². The van der Waals surface area contributed by atoms with Gasteiger partial charge < -0.3 is 14.5 Å². The molecule has 0 bridgehead atoms. The Kier molecular flexibility index (Phi) is 5.76. The Morgan fingerprint density at radius 2 is 1.92 bits per heavy atom. The summed E-state index contributed by atoms with van der Waals surface area (Å²) in [7, 11) is 0. The molecule has 1 aromatic carbocycles. The van der Waals surface area contributed by atoms with Crippen LogP contribution in [0, 0.1) is 0 Å². The van der Waals surface area contributed by atoms with Crippen molar-refractivity contribution in [2.24, 2.45) is 0 Å². The Hall–Kier alpha value is -3.92. The lowest BCUT2D eigenvalue weighted by Crippen LogP contribution is -2.56. The summed E-state index contributed by atoms with van der Waals surface area (Å²) in [5, 5.41) is 12.7. The molecule has 10 nitrogen and oxygen atoms in total. The van der Waals surface area contributed by atoms with E-state index in [0.29, 0.717) is 19.3 Å². The second-order valence-corrected chi connectivity index (χ2v) is 10.5. The number of aromatic amines is 1. The normalized spacial score (nSPS) is 22.2. The van der Waals surface area contributed by atoms with Gasteiger partial charge in [-0.3, -0.25) is 10.00 Å². The zero-order chi connectivity index (χ0) is 25.6. The van der Waals surface area contributed by atoms with E-state index in [4.69, 9.17) is 9.72 Å². The molecule has 7 rings (SSSR count). The summed E-state index contributed by atoms with van der Waals surface area (Å²) in [6.45, 7) is 5.94. The summed E-state index contributed by atoms with van der Waals surface area (Å²) in [4.78, 5) is 24.6. The minimum atomic E-state index is 0.143. The number of carbonyl (C=O) groups excluding carboxylic acids is 1. The Morgan fingerprint density at radius 3 is 2.74 bits per heavy atom. The quantitative estimate of drug-likeness (QED) is 0.440. The van der Waals surface area contributed by atoms with E-state index in [2.05, 4.69) is 62.4 Å². The zero-order valence-corrected chi connectivity index (χ0v) is 21.6. The van der Waals surface area contributed by atoms with Gasteiger partial charge in [0.1, 0.15) is 5.82 Å². The first-order valence-electron chi connectivity index (χ1n) is 13.6. The van der Waals surface area contributed by atoms with Gasteiger partial charge in [0, 0.05) is 42.8 Å². The molecule has 2 atom stereocenters. The van der Waals surface area contributed by atoms with Crippen molar-refractivity contribution in [3.63, 3.8) is 0 Å². The number of rotatable bonds is 4. The van der Waals surface area contributed by atoms with Crippen molar-refractivity contribution in [3.8, 4) is 16.9 Å². The van der Waals surface area contributed by atoms with E-state index in [9.17, 15) is 4.79 Å². The fraction of sp³-hybridized carbons (Fsp3) is 0.429. The first kappa shape index (κ1) is 23.2.